The van der Waals surface area contributed by atoms with Gasteiger partial charge < -0.3 is 5.11 Å². The highest BCUT2D eigenvalue weighted by Gasteiger charge is 2.20. The van der Waals surface area contributed by atoms with Gasteiger partial charge >= 0.3 is 0 Å². The molecule has 2 aromatic carbocycles. The number of nitrogens with zero attached hydrogens (tertiary/aromatic N) is 2. The Morgan fingerprint density at radius 1 is 1.11 bits per heavy atom. The van der Waals surface area contributed by atoms with E-state index in [-0.39, 0.29) is 16.2 Å². The lowest BCUT2D eigenvalue weighted by atomic mass is 10.0. The Hall–Kier alpha value is -3.25. The summed E-state index contributed by atoms with van der Waals surface area (Å²) in [5.74, 6) is -0.192. The van der Waals surface area contributed by atoms with Crippen LogP contribution in [0.2, 0.25) is 0 Å². The third kappa shape index (κ3) is 2.84. The molecule has 1 aliphatic heterocycles. The number of hydrogen-bond acceptors (Lipinski definition) is 4. The Labute approximate surface area is 161 Å². The number of aromatic amines is 1. The van der Waals surface area contributed by atoms with E-state index in [1.165, 1.54) is 4.57 Å². The first-order valence-electron chi connectivity index (χ1n) is 8.48. The topological polar surface area (TPSA) is 70.4 Å². The highest BCUT2D eigenvalue weighted by molar-refractivity contribution is 7.71. The van der Waals surface area contributed by atoms with Crippen LogP contribution in [0.1, 0.15) is 23.6 Å². The Morgan fingerprint density at radius 3 is 2.59 bits per heavy atom. The van der Waals surface area contributed by atoms with E-state index in [1.54, 1.807) is 6.08 Å². The lowest BCUT2D eigenvalue weighted by Crippen LogP contribution is -2.16. The molecule has 0 radical (unpaired) electrons. The predicted octanol–water partition coefficient (Wildman–Crippen LogP) is 4.56. The van der Waals surface area contributed by atoms with E-state index in [0.717, 1.165) is 28.1 Å². The molecule has 3 aromatic rings. The van der Waals surface area contributed by atoms with Crippen LogP contribution in [0.4, 0.5) is 5.69 Å². The molecular formula is C21H17N3O2S. The summed E-state index contributed by atoms with van der Waals surface area (Å²) in [6.45, 7) is 3.80. The summed E-state index contributed by atoms with van der Waals surface area (Å²) in [4.78, 5) is 19.7. The van der Waals surface area contributed by atoms with Gasteiger partial charge in [0.05, 0.1) is 11.4 Å². The molecule has 0 unspecified atom stereocenters. The molecule has 134 valence electrons. The van der Waals surface area contributed by atoms with Gasteiger partial charge in [-0.2, -0.15) is 0 Å². The van der Waals surface area contributed by atoms with E-state index in [9.17, 15) is 9.90 Å². The largest absolute Gasteiger partial charge is 0.494 e. The van der Waals surface area contributed by atoms with Crippen LogP contribution in [0.15, 0.2) is 58.3 Å². The molecule has 1 aliphatic rings. The number of aromatic nitrogens is 2. The first kappa shape index (κ1) is 17.2. The van der Waals surface area contributed by atoms with Crippen LogP contribution in [-0.2, 0) is 0 Å². The van der Waals surface area contributed by atoms with Gasteiger partial charge in [-0.25, -0.2) is 0 Å². The van der Waals surface area contributed by atoms with Gasteiger partial charge in [0.25, 0.3) is 5.56 Å². The van der Waals surface area contributed by atoms with Crippen molar-refractivity contribution in [1.29, 1.82) is 0 Å². The minimum atomic E-state index is -0.438. The molecule has 0 saturated heterocycles. The zero-order valence-corrected chi connectivity index (χ0v) is 15.7. The summed E-state index contributed by atoms with van der Waals surface area (Å²) < 4.78 is 1.62. The molecule has 0 fully saturated rings. The fraction of sp³-hybridized carbons (Fsp3) is 0.0952. The SMILES string of the molecule is CC1=Nc2ccccc2C1=Cc1c(O)n(-c2ccccc2C)c(=S)[nH]c1=O. The van der Waals surface area contributed by atoms with E-state index in [2.05, 4.69) is 9.98 Å². The lowest BCUT2D eigenvalue weighted by Gasteiger charge is -2.14. The monoisotopic (exact) mass is 375 g/mol. The normalized spacial score (nSPS) is 14.3. The fourth-order valence-corrected chi connectivity index (χ4v) is 3.55. The summed E-state index contributed by atoms with van der Waals surface area (Å²) in [5.41, 5.74) is 4.73. The van der Waals surface area contributed by atoms with Crippen molar-refractivity contribution in [2.45, 2.75) is 13.8 Å². The number of para-hydroxylation sites is 2. The molecule has 0 spiro atoms. The maximum absolute atomic E-state index is 12.6. The second-order valence-electron chi connectivity index (χ2n) is 6.39. The van der Waals surface area contributed by atoms with Crippen LogP contribution in [-0.4, -0.2) is 20.4 Å². The van der Waals surface area contributed by atoms with E-state index >= 15 is 0 Å². The number of allylic oxidation sites excluding steroid dienone is 1. The van der Waals surface area contributed by atoms with E-state index in [0.29, 0.717) is 5.69 Å². The molecule has 0 bridgehead atoms. The molecule has 0 amide bonds. The van der Waals surface area contributed by atoms with Crippen molar-refractivity contribution in [3.8, 4) is 11.6 Å². The second-order valence-corrected chi connectivity index (χ2v) is 6.78. The number of benzene rings is 2. The fourth-order valence-electron chi connectivity index (χ4n) is 3.27. The first-order chi connectivity index (χ1) is 13.0. The van der Waals surface area contributed by atoms with Crippen molar-refractivity contribution in [2.24, 2.45) is 4.99 Å². The Morgan fingerprint density at radius 2 is 1.81 bits per heavy atom. The molecular weight excluding hydrogens is 358 g/mol. The smallest absolute Gasteiger partial charge is 0.262 e. The number of aryl methyl sites for hydroxylation is 1. The molecule has 5 nitrogen and oxygen atoms in total. The van der Waals surface area contributed by atoms with Crippen LogP contribution in [0.25, 0.3) is 17.3 Å². The van der Waals surface area contributed by atoms with Gasteiger partial charge in [0.1, 0.15) is 5.56 Å². The first-order valence-corrected chi connectivity index (χ1v) is 8.89. The van der Waals surface area contributed by atoms with Crippen molar-refractivity contribution in [3.05, 3.63) is 80.3 Å². The third-order valence-corrected chi connectivity index (χ3v) is 4.92. The van der Waals surface area contributed by atoms with Gasteiger partial charge in [0, 0.05) is 16.8 Å². The van der Waals surface area contributed by atoms with Gasteiger partial charge in [-0.3, -0.25) is 19.3 Å². The maximum Gasteiger partial charge on any atom is 0.262 e. The molecule has 0 aliphatic carbocycles. The number of H-pyrrole nitrogens is 1. The standard InChI is InChI=1S/C21H17N3O2S/c1-12-7-3-6-10-18(12)24-20(26)16(19(25)23-21(24)27)11-15-13(2)22-17-9-5-4-8-14(15)17/h3-11,26H,1-2H3,(H,23,25,27). The Kier molecular flexibility index (Phi) is 4.12. The summed E-state index contributed by atoms with van der Waals surface area (Å²) in [6.07, 6.45) is 1.67. The van der Waals surface area contributed by atoms with Crippen molar-refractivity contribution in [1.82, 2.24) is 9.55 Å². The minimum Gasteiger partial charge on any atom is -0.494 e. The molecule has 0 saturated carbocycles. The van der Waals surface area contributed by atoms with Crippen LogP contribution < -0.4 is 5.56 Å². The summed E-state index contributed by atoms with van der Waals surface area (Å²) in [6, 6.07) is 15.2. The number of hydrogen-bond donors (Lipinski definition) is 2. The molecule has 2 N–H and O–H groups in total. The van der Waals surface area contributed by atoms with Crippen molar-refractivity contribution in [2.75, 3.05) is 0 Å². The molecule has 4 rings (SSSR count). The second kappa shape index (κ2) is 6.48. The van der Waals surface area contributed by atoms with Crippen LogP contribution in [0.5, 0.6) is 5.88 Å². The molecule has 1 aromatic heterocycles. The lowest BCUT2D eigenvalue weighted by molar-refractivity contribution is 0.431. The summed E-state index contributed by atoms with van der Waals surface area (Å²) in [7, 11) is 0. The Balaban J connectivity index is 1.98. The average molecular weight is 375 g/mol. The van der Waals surface area contributed by atoms with E-state index < -0.39 is 5.56 Å². The molecule has 27 heavy (non-hydrogen) atoms. The van der Waals surface area contributed by atoms with Crippen LogP contribution in [0, 0.1) is 11.7 Å². The maximum atomic E-state index is 12.6. The van der Waals surface area contributed by atoms with Gasteiger partial charge in [-0.1, -0.05) is 36.4 Å². The van der Waals surface area contributed by atoms with E-state index in [4.69, 9.17) is 12.2 Å². The quantitative estimate of drug-likeness (QED) is 0.645. The van der Waals surface area contributed by atoms with Crippen molar-refractivity contribution in [3.63, 3.8) is 0 Å². The predicted molar refractivity (Wildman–Crippen MR) is 111 cm³/mol. The third-order valence-electron chi connectivity index (χ3n) is 4.64. The van der Waals surface area contributed by atoms with Crippen molar-refractivity contribution >= 4 is 35.3 Å². The Bertz CT molecular complexity index is 1250. The van der Waals surface area contributed by atoms with Crippen LogP contribution in [0.3, 0.4) is 0 Å². The summed E-state index contributed by atoms with van der Waals surface area (Å²) >= 11 is 5.30. The highest BCUT2D eigenvalue weighted by atomic mass is 32.1. The molecule has 6 heteroatoms. The zero-order valence-electron chi connectivity index (χ0n) is 14.9. The number of aromatic hydroxyl groups is 1. The zero-order chi connectivity index (χ0) is 19.1. The number of rotatable bonds is 2. The number of nitrogens with one attached hydrogen (secondary N) is 1. The van der Waals surface area contributed by atoms with Gasteiger partial charge in [-0.05, 0) is 49.8 Å². The van der Waals surface area contributed by atoms with Gasteiger partial charge in [0.15, 0.2) is 4.77 Å². The summed E-state index contributed by atoms with van der Waals surface area (Å²) in [5, 5.41) is 10.9. The minimum absolute atomic E-state index is 0.145. The van der Waals surface area contributed by atoms with Gasteiger partial charge in [-0.15, -0.1) is 0 Å². The molecule has 0 atom stereocenters. The van der Waals surface area contributed by atoms with Crippen molar-refractivity contribution < 1.29 is 5.11 Å². The number of fused-ring (bicyclic) bond motifs is 1. The molecule has 2 heterocycles. The van der Waals surface area contributed by atoms with E-state index in [1.807, 2.05) is 62.4 Å². The number of aliphatic imine (C=N–C) groups is 1. The highest BCUT2D eigenvalue weighted by Crippen LogP contribution is 2.36. The van der Waals surface area contributed by atoms with Crippen LogP contribution >= 0.6 is 12.2 Å². The average Bonchev–Trinajstić information content (AvgIpc) is 2.95. The van der Waals surface area contributed by atoms with Gasteiger partial charge in [0.2, 0.25) is 5.88 Å².